The van der Waals surface area contributed by atoms with E-state index in [0.717, 1.165) is 16.5 Å². The third kappa shape index (κ3) is 3.68. The summed E-state index contributed by atoms with van der Waals surface area (Å²) in [5.41, 5.74) is 1.71. The number of benzene rings is 1. The monoisotopic (exact) mass is 364 g/mol. The molecule has 0 saturated carbocycles. The summed E-state index contributed by atoms with van der Waals surface area (Å²) in [7, 11) is 0. The standard InChI is InChI=1S/C18H24N2O6/c1-10(22)19-5-4-11-8-20(14-3-2-12(23)6-13(11)14)17-7-15(24)18(25)16(9-21)26-17/h2-3,6,8,15-18,21,23-25H,4-5,7,9H2,1H3,(H,19,22)/t15-,16-,17-,18+/m1/s1. The molecule has 1 saturated heterocycles. The van der Waals surface area contributed by atoms with Crippen molar-refractivity contribution in [3.05, 3.63) is 30.0 Å². The minimum Gasteiger partial charge on any atom is -0.508 e. The van der Waals surface area contributed by atoms with Crippen molar-refractivity contribution in [3.8, 4) is 5.75 Å². The van der Waals surface area contributed by atoms with Gasteiger partial charge < -0.3 is 35.0 Å². The van der Waals surface area contributed by atoms with Crippen LogP contribution in [0.2, 0.25) is 0 Å². The van der Waals surface area contributed by atoms with Crippen LogP contribution < -0.4 is 5.32 Å². The van der Waals surface area contributed by atoms with E-state index in [1.54, 1.807) is 18.2 Å². The number of nitrogens with zero attached hydrogens (tertiary/aromatic N) is 1. The fourth-order valence-electron chi connectivity index (χ4n) is 3.39. The van der Waals surface area contributed by atoms with Gasteiger partial charge in [-0.1, -0.05) is 0 Å². The van der Waals surface area contributed by atoms with Crippen LogP contribution >= 0.6 is 0 Å². The van der Waals surface area contributed by atoms with Gasteiger partial charge in [0.25, 0.3) is 0 Å². The molecule has 8 nitrogen and oxygen atoms in total. The number of rotatable bonds is 5. The third-order valence-electron chi connectivity index (χ3n) is 4.71. The fourth-order valence-corrected chi connectivity index (χ4v) is 3.39. The molecule has 3 rings (SSSR count). The van der Waals surface area contributed by atoms with Gasteiger partial charge in [-0.05, 0) is 30.2 Å². The number of carbonyl (C=O) groups is 1. The van der Waals surface area contributed by atoms with Crippen LogP contribution in [0.4, 0.5) is 0 Å². The molecule has 8 heteroatoms. The van der Waals surface area contributed by atoms with Crippen LogP contribution in [0.5, 0.6) is 5.75 Å². The van der Waals surface area contributed by atoms with E-state index in [0.29, 0.717) is 13.0 Å². The lowest BCUT2D eigenvalue weighted by Crippen LogP contribution is -2.48. The summed E-state index contributed by atoms with van der Waals surface area (Å²) in [4.78, 5) is 11.1. The van der Waals surface area contributed by atoms with Crippen molar-refractivity contribution in [3.63, 3.8) is 0 Å². The lowest BCUT2D eigenvalue weighted by molar-refractivity contribution is -0.199. The van der Waals surface area contributed by atoms with Gasteiger partial charge in [-0.3, -0.25) is 4.79 Å². The summed E-state index contributed by atoms with van der Waals surface area (Å²) in [6.07, 6.45) is -0.991. The molecule has 1 aliphatic heterocycles. The lowest BCUT2D eigenvalue weighted by Gasteiger charge is -2.37. The molecular weight excluding hydrogens is 340 g/mol. The Kier molecular flexibility index (Phi) is 5.47. The molecule has 0 unspecified atom stereocenters. The smallest absolute Gasteiger partial charge is 0.216 e. The Morgan fingerprint density at radius 2 is 2.15 bits per heavy atom. The van der Waals surface area contributed by atoms with Crippen LogP contribution in [-0.2, 0) is 16.0 Å². The highest BCUT2D eigenvalue weighted by Gasteiger charge is 2.37. The molecule has 0 spiro atoms. The molecule has 5 N–H and O–H groups in total. The number of hydrogen-bond acceptors (Lipinski definition) is 6. The average molecular weight is 364 g/mol. The number of phenolic OH excluding ortho intramolecular Hbond substituents is 1. The van der Waals surface area contributed by atoms with Crippen LogP contribution in [0.25, 0.3) is 10.9 Å². The molecule has 1 fully saturated rings. The lowest BCUT2D eigenvalue weighted by atomic mass is 10.0. The SMILES string of the molecule is CC(=O)NCCc1cn([C@H]2C[C@@H](O)[C@H](O)[C@@H](CO)O2)c2ccc(O)cc12. The van der Waals surface area contributed by atoms with Gasteiger partial charge in [0.2, 0.25) is 5.91 Å². The quantitative estimate of drug-likeness (QED) is 0.510. The number of ether oxygens (including phenoxy) is 1. The summed E-state index contributed by atoms with van der Waals surface area (Å²) in [5, 5.41) is 42.8. The summed E-state index contributed by atoms with van der Waals surface area (Å²) >= 11 is 0. The largest absolute Gasteiger partial charge is 0.508 e. The minimum absolute atomic E-state index is 0.116. The number of aliphatic hydroxyl groups excluding tert-OH is 3. The number of phenols is 1. The average Bonchev–Trinajstić information content (AvgIpc) is 2.95. The molecule has 26 heavy (non-hydrogen) atoms. The number of aliphatic hydroxyl groups is 3. The number of aromatic nitrogens is 1. The van der Waals surface area contributed by atoms with Gasteiger partial charge in [0.1, 0.15) is 24.2 Å². The zero-order valence-electron chi connectivity index (χ0n) is 14.5. The Bertz CT molecular complexity index is 789. The van der Waals surface area contributed by atoms with Crippen molar-refractivity contribution >= 4 is 16.8 Å². The molecule has 2 heterocycles. The van der Waals surface area contributed by atoms with Crippen molar-refractivity contribution in [1.82, 2.24) is 9.88 Å². The Labute approximate surface area is 150 Å². The first-order valence-corrected chi connectivity index (χ1v) is 8.60. The maximum absolute atomic E-state index is 11.1. The maximum Gasteiger partial charge on any atom is 0.216 e. The second-order valence-electron chi connectivity index (χ2n) is 6.60. The van der Waals surface area contributed by atoms with E-state index in [1.807, 2.05) is 10.8 Å². The third-order valence-corrected chi connectivity index (χ3v) is 4.71. The number of amides is 1. The van der Waals surface area contributed by atoms with Gasteiger partial charge in [0.05, 0.1) is 18.2 Å². The normalized spacial score (nSPS) is 26.2. The van der Waals surface area contributed by atoms with Crippen molar-refractivity contribution in [2.45, 2.75) is 44.3 Å². The number of hydrogen-bond donors (Lipinski definition) is 5. The number of carbonyl (C=O) groups excluding carboxylic acids is 1. The molecule has 1 aromatic heterocycles. The van der Waals surface area contributed by atoms with Gasteiger partial charge in [-0.25, -0.2) is 0 Å². The highest BCUT2D eigenvalue weighted by atomic mass is 16.5. The second kappa shape index (κ2) is 7.63. The Morgan fingerprint density at radius 3 is 2.85 bits per heavy atom. The first-order chi connectivity index (χ1) is 12.4. The van der Waals surface area contributed by atoms with Gasteiger partial charge in [-0.2, -0.15) is 0 Å². The molecule has 1 aliphatic rings. The summed E-state index contributed by atoms with van der Waals surface area (Å²) < 4.78 is 7.60. The van der Waals surface area contributed by atoms with Crippen LogP contribution in [0.15, 0.2) is 24.4 Å². The van der Waals surface area contributed by atoms with E-state index >= 15 is 0 Å². The summed E-state index contributed by atoms with van der Waals surface area (Å²) in [6.45, 7) is 1.51. The Hall–Kier alpha value is -2.13. The number of fused-ring (bicyclic) bond motifs is 1. The van der Waals surface area contributed by atoms with E-state index in [-0.39, 0.29) is 18.1 Å². The first-order valence-electron chi connectivity index (χ1n) is 8.60. The van der Waals surface area contributed by atoms with Crippen molar-refractivity contribution in [1.29, 1.82) is 0 Å². The van der Waals surface area contributed by atoms with Crippen LogP contribution in [0.1, 0.15) is 25.1 Å². The fraction of sp³-hybridized carbons (Fsp3) is 0.500. The highest BCUT2D eigenvalue weighted by molar-refractivity contribution is 5.85. The predicted octanol–water partition coefficient (Wildman–Crippen LogP) is 0.0271. The summed E-state index contributed by atoms with van der Waals surface area (Å²) in [5.74, 6) is 0.0133. The van der Waals surface area contributed by atoms with E-state index in [2.05, 4.69) is 5.32 Å². The number of aromatic hydroxyl groups is 1. The maximum atomic E-state index is 11.1. The van der Waals surface area contributed by atoms with E-state index < -0.39 is 31.1 Å². The molecule has 0 aliphatic carbocycles. The molecule has 1 amide bonds. The van der Waals surface area contributed by atoms with Crippen LogP contribution in [0.3, 0.4) is 0 Å². The Morgan fingerprint density at radius 1 is 1.38 bits per heavy atom. The van der Waals surface area contributed by atoms with Gasteiger partial charge in [0.15, 0.2) is 0 Å². The first kappa shape index (κ1) is 18.7. The predicted molar refractivity (Wildman–Crippen MR) is 93.6 cm³/mol. The second-order valence-corrected chi connectivity index (χ2v) is 6.60. The highest BCUT2D eigenvalue weighted by Crippen LogP contribution is 2.34. The van der Waals surface area contributed by atoms with E-state index in [9.17, 15) is 25.2 Å². The Balaban J connectivity index is 1.94. The molecule has 0 bridgehead atoms. The molecular formula is C18H24N2O6. The molecule has 142 valence electrons. The zero-order chi connectivity index (χ0) is 18.8. The molecule has 1 aromatic carbocycles. The minimum atomic E-state index is -1.14. The van der Waals surface area contributed by atoms with Crippen LogP contribution in [-0.4, -0.2) is 62.4 Å². The van der Waals surface area contributed by atoms with Gasteiger partial charge in [-0.15, -0.1) is 0 Å². The van der Waals surface area contributed by atoms with Crippen LogP contribution in [0, 0.1) is 0 Å². The molecule has 0 radical (unpaired) electrons. The number of nitrogens with one attached hydrogen (secondary N) is 1. The molecule has 4 atom stereocenters. The van der Waals surface area contributed by atoms with Crippen molar-refractivity contribution < 1.29 is 30.0 Å². The summed E-state index contributed by atoms with van der Waals surface area (Å²) in [6, 6.07) is 4.96. The van der Waals surface area contributed by atoms with Gasteiger partial charge >= 0.3 is 0 Å². The van der Waals surface area contributed by atoms with Crippen molar-refractivity contribution in [2.75, 3.05) is 13.2 Å². The van der Waals surface area contributed by atoms with Crippen molar-refractivity contribution in [2.24, 2.45) is 0 Å². The van der Waals surface area contributed by atoms with Gasteiger partial charge in [0, 0.05) is 31.5 Å². The van der Waals surface area contributed by atoms with E-state index in [4.69, 9.17) is 4.74 Å². The van der Waals surface area contributed by atoms with E-state index in [1.165, 1.54) is 6.92 Å². The molecule has 2 aromatic rings. The topological polar surface area (TPSA) is 124 Å². The zero-order valence-corrected chi connectivity index (χ0v) is 14.5.